The van der Waals surface area contributed by atoms with Crippen LogP contribution in [0.4, 0.5) is 0 Å². The fraction of sp³-hybridized carbons (Fsp3) is 0.491. The van der Waals surface area contributed by atoms with Crippen molar-refractivity contribution < 1.29 is 14.2 Å². The predicted octanol–water partition coefficient (Wildman–Crippen LogP) is 16.5. The van der Waals surface area contributed by atoms with Crippen molar-refractivity contribution in [3.05, 3.63) is 129 Å². The second-order valence-corrected chi connectivity index (χ2v) is 108. The molecule has 306 valence electrons. The Labute approximate surface area is 345 Å². The molecule has 0 N–H and O–H groups in total. The van der Waals surface area contributed by atoms with E-state index in [1.807, 2.05) is 0 Å². The predicted molar refractivity (Wildman–Crippen MR) is 257 cm³/mol. The number of rotatable bonds is 9. The minimum atomic E-state index is -5.14. The summed E-state index contributed by atoms with van der Waals surface area (Å²) in [6, 6.07) is 29.4. The van der Waals surface area contributed by atoms with Crippen LogP contribution in [0.1, 0.15) is 168 Å². The molecule has 2 aliphatic carbocycles. The topological polar surface area (TPSA) is 0 Å². The van der Waals surface area contributed by atoms with Crippen molar-refractivity contribution in [1.82, 2.24) is 0 Å². The molecule has 0 radical (unpaired) electrons. The molecule has 2 atom stereocenters. The Balaban J connectivity index is 1.57. The number of hydrogen-bond acceptors (Lipinski definition) is 0. The molecule has 0 aromatic heterocycles. The third kappa shape index (κ3) is 7.94. The number of fused-ring (bicyclic) bond motifs is 2. The molecule has 4 aromatic rings. The Bertz CT molecular complexity index is 2200. The standard InChI is InChI=1S/2C23H27.C6H13.3CH3.Hf.H2Si/c2*1-22(2,3)18-13-17(14-19(15-18)23(4,5)6)21-12-8-10-16-9-7-11-20(16)21;1-3-5-6-4-2;;;;;/h2*7-15H,1-6H3;1,3-6H2,2H3;3*1H3;;1H2. The fourth-order valence-electron chi connectivity index (χ4n) is 10.9. The van der Waals surface area contributed by atoms with E-state index in [1.165, 1.54) is 85.5 Å². The summed E-state index contributed by atoms with van der Waals surface area (Å²) < 4.78 is 10.7. The van der Waals surface area contributed by atoms with Crippen LogP contribution in [0.2, 0.25) is 18.2 Å². The minimum absolute atomic E-state index is 0.0677. The van der Waals surface area contributed by atoms with Crippen LogP contribution >= 0.6 is 0 Å². The average Bonchev–Trinajstić information content (AvgIpc) is 3.76. The van der Waals surface area contributed by atoms with E-state index in [9.17, 15) is 0 Å². The molecule has 0 saturated heterocycles. The van der Waals surface area contributed by atoms with Crippen molar-refractivity contribution >= 4 is 19.1 Å². The van der Waals surface area contributed by atoms with E-state index in [1.54, 1.807) is 11.1 Å². The summed E-state index contributed by atoms with van der Waals surface area (Å²) in [6.45, 7) is 33.2. The summed E-state index contributed by atoms with van der Waals surface area (Å²) in [5, 5.41) is 0. The summed E-state index contributed by atoms with van der Waals surface area (Å²) in [7, 11) is 0. The third-order valence-electron chi connectivity index (χ3n) is 15.2. The molecule has 0 spiro atoms. The molecule has 0 amide bonds. The fourth-order valence-corrected chi connectivity index (χ4v) is 50.0. The van der Waals surface area contributed by atoms with Crippen molar-refractivity contribution in [3.8, 4) is 22.3 Å². The first-order valence-electron chi connectivity index (χ1n) is 22.4. The van der Waals surface area contributed by atoms with Crippen molar-refractivity contribution in [1.29, 1.82) is 0 Å². The molecule has 2 heteroatoms. The van der Waals surface area contributed by atoms with E-state index in [2.05, 4.69) is 208 Å². The molecule has 4 aromatic carbocycles. The van der Waals surface area contributed by atoms with Gasteiger partial charge in [0.05, 0.1) is 0 Å². The molecule has 0 heterocycles. The van der Waals surface area contributed by atoms with Crippen molar-refractivity contribution in [2.45, 2.75) is 163 Å². The zero-order valence-corrected chi connectivity index (χ0v) is 44.1. The first-order chi connectivity index (χ1) is 25.9. The van der Waals surface area contributed by atoms with Crippen LogP contribution in [0.3, 0.4) is 0 Å². The van der Waals surface area contributed by atoms with Crippen LogP contribution in [0.25, 0.3) is 34.4 Å². The summed E-state index contributed by atoms with van der Waals surface area (Å²) in [6.07, 6.45) is 15.6. The van der Waals surface area contributed by atoms with E-state index in [0.29, 0.717) is 7.35 Å². The van der Waals surface area contributed by atoms with Crippen LogP contribution in [-0.2, 0) is 35.8 Å². The van der Waals surface area contributed by atoms with Gasteiger partial charge >= 0.3 is 348 Å². The number of allylic oxidation sites excluding steroid dienone is 2. The van der Waals surface area contributed by atoms with Crippen LogP contribution in [0.5, 0.6) is 0 Å². The third-order valence-corrected chi connectivity index (χ3v) is 61.2. The van der Waals surface area contributed by atoms with Crippen LogP contribution in [-0.4, -0.2) is 6.94 Å². The van der Waals surface area contributed by atoms with Gasteiger partial charge in [-0.05, 0) is 0 Å². The molecule has 57 heavy (non-hydrogen) atoms. The Hall–Kier alpha value is -2.55. The summed E-state index contributed by atoms with van der Waals surface area (Å²) in [5.41, 5.74) is 17.4. The molecule has 6 rings (SSSR count). The van der Waals surface area contributed by atoms with E-state index in [0.717, 1.165) is 0 Å². The van der Waals surface area contributed by atoms with E-state index in [-0.39, 0.29) is 21.7 Å². The van der Waals surface area contributed by atoms with Crippen LogP contribution in [0, 0.1) is 0 Å². The Kier molecular flexibility index (Phi) is 10.2. The van der Waals surface area contributed by atoms with Crippen molar-refractivity contribution in [3.63, 3.8) is 0 Å². The molecular weight excluding hydrogens is 867 g/mol. The molecule has 0 bridgehead atoms. The average molecular weight is 946 g/mol. The van der Waals surface area contributed by atoms with Gasteiger partial charge in [-0.1, -0.05) is 0 Å². The van der Waals surface area contributed by atoms with E-state index >= 15 is 0 Å². The number of unbranched alkanes of at least 4 members (excludes halogenated alkanes) is 3. The summed E-state index contributed by atoms with van der Waals surface area (Å²) >= 11 is -5.14. The molecule has 0 saturated carbocycles. The Morgan fingerprint density at radius 3 is 1.16 bits per heavy atom. The van der Waals surface area contributed by atoms with Gasteiger partial charge in [-0.2, -0.15) is 0 Å². The molecule has 0 nitrogen and oxygen atoms in total. The van der Waals surface area contributed by atoms with Gasteiger partial charge in [0.1, 0.15) is 0 Å². The second-order valence-electron chi connectivity index (χ2n) is 26.3. The van der Waals surface area contributed by atoms with Gasteiger partial charge < -0.3 is 0 Å². The maximum atomic E-state index is 2.89. The summed E-state index contributed by atoms with van der Waals surface area (Å²) in [4.78, 5) is 0. The van der Waals surface area contributed by atoms with Crippen LogP contribution < -0.4 is 0 Å². The van der Waals surface area contributed by atoms with Gasteiger partial charge in [-0.15, -0.1) is 0 Å². The first-order valence-corrected chi connectivity index (χ1v) is 48.2. The summed E-state index contributed by atoms with van der Waals surface area (Å²) in [5.74, 6) is 0. The van der Waals surface area contributed by atoms with Crippen molar-refractivity contribution in [2.24, 2.45) is 0 Å². The monoisotopic (exact) mass is 947 g/mol. The SMILES string of the molecule is CCCCC[CH2][Hf]([CH3])([CH3])([CH3])(=[SiH2])([CH]1C=Cc2c(-c3cc(C(C)(C)C)cc(C(C)(C)C)c3)cccc21)[CH]1C=Cc2c(-c3cc(C(C)(C)C)cc(C(C)(C)C)c3)cccc21. The normalized spacial score (nSPS) is 19.1. The molecule has 0 aliphatic heterocycles. The first kappa shape index (κ1) is 44.0. The zero-order valence-electron chi connectivity index (χ0n) is 39.1. The number of hydrogen-bond donors (Lipinski definition) is 0. The van der Waals surface area contributed by atoms with E-state index < -0.39 is 14.2 Å². The van der Waals surface area contributed by atoms with Crippen molar-refractivity contribution in [2.75, 3.05) is 0 Å². The molecule has 2 unspecified atom stereocenters. The Morgan fingerprint density at radius 2 is 0.842 bits per heavy atom. The second kappa shape index (κ2) is 13.2. The van der Waals surface area contributed by atoms with Gasteiger partial charge in [0.15, 0.2) is 0 Å². The van der Waals surface area contributed by atoms with Crippen LogP contribution in [0.15, 0.2) is 84.9 Å². The van der Waals surface area contributed by atoms with Gasteiger partial charge in [-0.3, -0.25) is 0 Å². The number of benzene rings is 4. The van der Waals surface area contributed by atoms with Gasteiger partial charge in [-0.25, -0.2) is 0 Å². The zero-order chi connectivity index (χ0) is 42.3. The maximum absolute atomic E-state index is 5.14. The van der Waals surface area contributed by atoms with E-state index in [4.69, 9.17) is 0 Å². The van der Waals surface area contributed by atoms with Gasteiger partial charge in [0, 0.05) is 0 Å². The molecule has 2 aliphatic rings. The van der Waals surface area contributed by atoms with Gasteiger partial charge in [0.25, 0.3) is 0 Å². The quantitative estimate of drug-likeness (QED) is 0.116. The Morgan fingerprint density at radius 1 is 0.491 bits per heavy atom. The molecule has 0 fully saturated rings. The molecular formula is C55H78HfSi. The van der Waals surface area contributed by atoms with Gasteiger partial charge in [0.2, 0.25) is 0 Å².